The number of carbonyl (C=O) groups excluding carboxylic acids is 1. The van der Waals surface area contributed by atoms with Gasteiger partial charge in [-0.1, -0.05) is 6.92 Å². The quantitative estimate of drug-likeness (QED) is 0.869. The standard InChI is InChI=1S/C17H22N2O2S/c1-3-15-13(2)22-12-16(15)17(20)19-8-6-18(7-9-19)11-14-5-4-10-21-14/h4-5,10,12H,3,6-9,11H2,1-2H3. The highest BCUT2D eigenvalue weighted by atomic mass is 32.1. The first kappa shape index (κ1) is 15.3. The van der Waals surface area contributed by atoms with Gasteiger partial charge >= 0.3 is 0 Å². The number of hydrogen-bond acceptors (Lipinski definition) is 4. The van der Waals surface area contributed by atoms with Crippen LogP contribution >= 0.6 is 11.3 Å². The van der Waals surface area contributed by atoms with Crippen LogP contribution in [0, 0.1) is 6.92 Å². The van der Waals surface area contributed by atoms with E-state index in [4.69, 9.17) is 4.42 Å². The smallest absolute Gasteiger partial charge is 0.255 e. The molecule has 118 valence electrons. The third kappa shape index (κ3) is 3.10. The number of aryl methyl sites for hydroxylation is 1. The van der Waals surface area contributed by atoms with E-state index in [2.05, 4.69) is 18.7 Å². The van der Waals surface area contributed by atoms with Crippen LogP contribution in [-0.4, -0.2) is 41.9 Å². The molecule has 1 aliphatic rings. The lowest BCUT2D eigenvalue weighted by Gasteiger charge is -2.34. The van der Waals surface area contributed by atoms with Gasteiger partial charge in [-0.05, 0) is 31.0 Å². The molecule has 0 saturated carbocycles. The third-order valence-corrected chi connectivity index (χ3v) is 5.26. The van der Waals surface area contributed by atoms with E-state index in [9.17, 15) is 4.79 Å². The predicted molar refractivity (Wildman–Crippen MR) is 88.3 cm³/mol. The summed E-state index contributed by atoms with van der Waals surface area (Å²) in [5, 5.41) is 2.02. The van der Waals surface area contributed by atoms with Crippen molar-refractivity contribution in [2.45, 2.75) is 26.8 Å². The monoisotopic (exact) mass is 318 g/mol. The highest BCUT2D eigenvalue weighted by Gasteiger charge is 2.25. The number of amides is 1. The molecule has 1 fully saturated rings. The van der Waals surface area contributed by atoms with Crippen LogP contribution in [0.5, 0.6) is 0 Å². The second-order valence-electron chi connectivity index (χ2n) is 5.69. The van der Waals surface area contributed by atoms with Crippen LogP contribution in [0.2, 0.25) is 0 Å². The zero-order valence-electron chi connectivity index (χ0n) is 13.2. The average molecular weight is 318 g/mol. The van der Waals surface area contributed by atoms with Crippen LogP contribution in [0.25, 0.3) is 0 Å². The summed E-state index contributed by atoms with van der Waals surface area (Å²) in [5.74, 6) is 1.18. The Morgan fingerprint density at radius 2 is 2.09 bits per heavy atom. The number of piperazine rings is 1. The van der Waals surface area contributed by atoms with Gasteiger partial charge in [0.1, 0.15) is 5.76 Å². The zero-order valence-corrected chi connectivity index (χ0v) is 14.0. The van der Waals surface area contributed by atoms with Crippen LogP contribution in [0.3, 0.4) is 0 Å². The van der Waals surface area contributed by atoms with Gasteiger partial charge in [-0.15, -0.1) is 11.3 Å². The number of nitrogens with zero attached hydrogens (tertiary/aromatic N) is 2. The highest BCUT2D eigenvalue weighted by molar-refractivity contribution is 7.10. The lowest BCUT2D eigenvalue weighted by Crippen LogP contribution is -2.48. The van der Waals surface area contributed by atoms with Gasteiger partial charge in [-0.25, -0.2) is 0 Å². The molecule has 0 aromatic carbocycles. The van der Waals surface area contributed by atoms with Crippen LogP contribution in [-0.2, 0) is 13.0 Å². The largest absolute Gasteiger partial charge is 0.468 e. The van der Waals surface area contributed by atoms with E-state index >= 15 is 0 Å². The molecule has 4 nitrogen and oxygen atoms in total. The van der Waals surface area contributed by atoms with Gasteiger partial charge in [0.2, 0.25) is 0 Å². The summed E-state index contributed by atoms with van der Waals surface area (Å²) in [6.45, 7) is 8.42. The van der Waals surface area contributed by atoms with E-state index in [1.807, 2.05) is 22.4 Å². The topological polar surface area (TPSA) is 36.7 Å². The summed E-state index contributed by atoms with van der Waals surface area (Å²) in [5.41, 5.74) is 2.12. The van der Waals surface area contributed by atoms with Crippen molar-refractivity contribution in [2.75, 3.05) is 26.2 Å². The molecule has 2 aromatic rings. The molecule has 5 heteroatoms. The molecule has 0 N–H and O–H groups in total. The molecule has 1 saturated heterocycles. The molecule has 1 amide bonds. The van der Waals surface area contributed by atoms with Crippen LogP contribution in [0.4, 0.5) is 0 Å². The Hall–Kier alpha value is -1.59. The van der Waals surface area contributed by atoms with Gasteiger partial charge in [0.25, 0.3) is 5.91 Å². The Balaban J connectivity index is 1.60. The van der Waals surface area contributed by atoms with Crippen molar-refractivity contribution in [3.8, 4) is 0 Å². The molecule has 0 spiro atoms. The maximum Gasteiger partial charge on any atom is 0.255 e. The second-order valence-corrected chi connectivity index (χ2v) is 6.77. The number of carbonyl (C=O) groups is 1. The van der Waals surface area contributed by atoms with E-state index < -0.39 is 0 Å². The number of hydrogen-bond donors (Lipinski definition) is 0. The summed E-state index contributed by atoms with van der Waals surface area (Å²) >= 11 is 1.68. The van der Waals surface area contributed by atoms with Crippen LogP contribution < -0.4 is 0 Å². The first-order valence-electron chi connectivity index (χ1n) is 7.80. The average Bonchev–Trinajstić information content (AvgIpc) is 3.16. The van der Waals surface area contributed by atoms with Crippen molar-refractivity contribution in [3.05, 3.63) is 45.5 Å². The molecule has 0 bridgehead atoms. The SMILES string of the molecule is CCc1c(C(=O)N2CCN(Cc3ccco3)CC2)csc1C. The normalized spacial score (nSPS) is 16.2. The maximum absolute atomic E-state index is 12.7. The highest BCUT2D eigenvalue weighted by Crippen LogP contribution is 2.24. The Morgan fingerprint density at radius 1 is 1.32 bits per heavy atom. The predicted octanol–water partition coefficient (Wildman–Crippen LogP) is 3.17. The number of thiophene rings is 1. The van der Waals surface area contributed by atoms with E-state index in [-0.39, 0.29) is 5.91 Å². The molecule has 0 aliphatic carbocycles. The lowest BCUT2D eigenvalue weighted by atomic mass is 10.1. The summed E-state index contributed by atoms with van der Waals surface area (Å²) in [4.78, 5) is 18.3. The van der Waals surface area contributed by atoms with Crippen molar-refractivity contribution < 1.29 is 9.21 Å². The minimum atomic E-state index is 0.193. The van der Waals surface area contributed by atoms with Gasteiger partial charge < -0.3 is 9.32 Å². The third-order valence-electron chi connectivity index (χ3n) is 4.31. The fraction of sp³-hybridized carbons (Fsp3) is 0.471. The molecule has 0 radical (unpaired) electrons. The lowest BCUT2D eigenvalue weighted by molar-refractivity contribution is 0.0620. The molecule has 3 rings (SSSR count). The fourth-order valence-electron chi connectivity index (χ4n) is 3.00. The Kier molecular flexibility index (Phi) is 4.64. The van der Waals surface area contributed by atoms with E-state index in [0.29, 0.717) is 0 Å². The molecule has 22 heavy (non-hydrogen) atoms. The van der Waals surface area contributed by atoms with Gasteiger partial charge in [0, 0.05) is 36.4 Å². The van der Waals surface area contributed by atoms with E-state index in [0.717, 1.165) is 50.5 Å². The Labute approximate surface area is 135 Å². The van der Waals surface area contributed by atoms with Crippen molar-refractivity contribution in [2.24, 2.45) is 0 Å². The summed E-state index contributed by atoms with van der Waals surface area (Å²) < 4.78 is 5.39. The minimum absolute atomic E-state index is 0.193. The number of furan rings is 1. The summed E-state index contributed by atoms with van der Waals surface area (Å²) in [6, 6.07) is 3.92. The Bertz CT molecular complexity index is 625. The van der Waals surface area contributed by atoms with Gasteiger partial charge in [-0.3, -0.25) is 9.69 Å². The fourth-order valence-corrected chi connectivity index (χ4v) is 3.93. The number of rotatable bonds is 4. The molecular weight excluding hydrogens is 296 g/mol. The van der Waals surface area contributed by atoms with E-state index in [1.54, 1.807) is 17.6 Å². The van der Waals surface area contributed by atoms with Crippen molar-refractivity contribution in [1.29, 1.82) is 0 Å². The van der Waals surface area contributed by atoms with Crippen molar-refractivity contribution in [1.82, 2.24) is 9.80 Å². The maximum atomic E-state index is 12.7. The second kappa shape index (κ2) is 6.67. The molecule has 0 atom stereocenters. The van der Waals surface area contributed by atoms with Crippen LogP contribution in [0.15, 0.2) is 28.2 Å². The summed E-state index contributed by atoms with van der Waals surface area (Å²) in [7, 11) is 0. The zero-order chi connectivity index (χ0) is 15.5. The van der Waals surface area contributed by atoms with Gasteiger partial charge in [0.15, 0.2) is 0 Å². The summed E-state index contributed by atoms with van der Waals surface area (Å²) in [6.07, 6.45) is 2.63. The first-order chi connectivity index (χ1) is 10.7. The first-order valence-corrected chi connectivity index (χ1v) is 8.68. The molecular formula is C17H22N2O2S. The van der Waals surface area contributed by atoms with Crippen molar-refractivity contribution >= 4 is 17.2 Å². The Morgan fingerprint density at radius 3 is 2.73 bits per heavy atom. The molecule has 2 aromatic heterocycles. The molecule has 1 aliphatic heterocycles. The molecule has 3 heterocycles. The minimum Gasteiger partial charge on any atom is -0.468 e. The van der Waals surface area contributed by atoms with Gasteiger partial charge in [0.05, 0.1) is 18.4 Å². The van der Waals surface area contributed by atoms with Gasteiger partial charge in [-0.2, -0.15) is 0 Å². The van der Waals surface area contributed by atoms with E-state index in [1.165, 1.54) is 10.4 Å². The van der Waals surface area contributed by atoms with Crippen molar-refractivity contribution in [3.63, 3.8) is 0 Å². The van der Waals surface area contributed by atoms with Crippen LogP contribution in [0.1, 0.15) is 33.5 Å². The molecule has 0 unspecified atom stereocenters.